The van der Waals surface area contributed by atoms with E-state index >= 15 is 0 Å². The Labute approximate surface area is 183 Å². The first kappa shape index (κ1) is 21.0. The summed E-state index contributed by atoms with van der Waals surface area (Å²) in [4.78, 5) is 4.34. The third kappa shape index (κ3) is 4.59. The van der Waals surface area contributed by atoms with E-state index in [1.165, 1.54) is 18.2 Å². The van der Waals surface area contributed by atoms with Crippen molar-refractivity contribution in [3.05, 3.63) is 99.3 Å². The van der Waals surface area contributed by atoms with Gasteiger partial charge in [-0.25, -0.2) is 13.2 Å². The van der Waals surface area contributed by atoms with Crippen molar-refractivity contribution in [3.8, 4) is 0 Å². The molecule has 0 radical (unpaired) electrons. The molecule has 156 valence electrons. The van der Waals surface area contributed by atoms with Gasteiger partial charge in [0.15, 0.2) is 11.6 Å². The summed E-state index contributed by atoms with van der Waals surface area (Å²) in [6, 6.07) is 15.6. The highest BCUT2D eigenvalue weighted by Gasteiger charge is 2.30. The number of anilines is 1. The molecule has 3 aromatic carbocycles. The van der Waals surface area contributed by atoms with Crippen LogP contribution < -0.4 is 4.90 Å². The molecule has 0 amide bonds. The van der Waals surface area contributed by atoms with Crippen LogP contribution in [0.25, 0.3) is 0 Å². The number of hydrogen-bond donors (Lipinski definition) is 0. The van der Waals surface area contributed by atoms with E-state index in [0.29, 0.717) is 41.8 Å². The number of nitrogens with zero attached hydrogens (tertiary/aromatic N) is 2. The summed E-state index contributed by atoms with van der Waals surface area (Å²) < 4.78 is 40.4. The van der Waals surface area contributed by atoms with Crippen LogP contribution >= 0.6 is 23.2 Å². The first-order chi connectivity index (χ1) is 14.4. The zero-order valence-corrected chi connectivity index (χ0v) is 17.5. The minimum absolute atomic E-state index is 0.0941. The van der Waals surface area contributed by atoms with Gasteiger partial charge in [-0.2, -0.15) is 0 Å². The molecule has 0 bridgehead atoms. The summed E-state index contributed by atoms with van der Waals surface area (Å²) in [6.07, 6.45) is 0. The van der Waals surface area contributed by atoms with Crippen molar-refractivity contribution in [2.75, 3.05) is 24.5 Å². The molecular formula is C23H19Cl2F3N2. The molecule has 7 heteroatoms. The topological polar surface area (TPSA) is 6.48 Å². The highest BCUT2D eigenvalue weighted by molar-refractivity contribution is 6.36. The predicted molar refractivity (Wildman–Crippen MR) is 115 cm³/mol. The Hall–Kier alpha value is -2.21. The lowest BCUT2D eigenvalue weighted by molar-refractivity contribution is 0.215. The predicted octanol–water partition coefficient (Wildman–Crippen LogP) is 6.47. The second-order valence-corrected chi connectivity index (χ2v) is 8.18. The lowest BCUT2D eigenvalue weighted by Crippen LogP contribution is -2.48. The summed E-state index contributed by atoms with van der Waals surface area (Å²) in [5.74, 6) is -2.01. The number of rotatable bonds is 4. The van der Waals surface area contributed by atoms with Gasteiger partial charge in [0.25, 0.3) is 0 Å². The highest BCUT2D eigenvalue weighted by Crippen LogP contribution is 2.36. The third-order valence-electron chi connectivity index (χ3n) is 5.33. The molecule has 0 N–H and O–H groups in total. The van der Waals surface area contributed by atoms with Crippen LogP contribution in [0.4, 0.5) is 18.9 Å². The molecule has 1 unspecified atom stereocenters. The zero-order valence-electron chi connectivity index (χ0n) is 16.0. The van der Waals surface area contributed by atoms with Gasteiger partial charge in [-0.05, 0) is 53.6 Å². The van der Waals surface area contributed by atoms with Crippen LogP contribution in [0.15, 0.2) is 60.7 Å². The summed E-state index contributed by atoms with van der Waals surface area (Å²) in [5.41, 5.74) is 2.49. The van der Waals surface area contributed by atoms with E-state index in [2.05, 4.69) is 9.80 Å². The third-order valence-corrected chi connectivity index (χ3v) is 5.87. The molecule has 1 aliphatic rings. The second-order valence-electron chi connectivity index (χ2n) is 7.34. The van der Waals surface area contributed by atoms with Crippen LogP contribution in [0.2, 0.25) is 10.0 Å². The molecule has 0 aromatic heterocycles. The van der Waals surface area contributed by atoms with E-state index in [1.54, 1.807) is 30.3 Å². The molecule has 2 nitrogen and oxygen atoms in total. The second kappa shape index (κ2) is 8.88. The van der Waals surface area contributed by atoms with Crippen LogP contribution in [0.5, 0.6) is 0 Å². The van der Waals surface area contributed by atoms with E-state index in [4.69, 9.17) is 23.2 Å². The van der Waals surface area contributed by atoms with Crippen molar-refractivity contribution in [2.24, 2.45) is 0 Å². The summed E-state index contributed by atoms with van der Waals surface area (Å²) >= 11 is 12.5. The van der Waals surface area contributed by atoms with Crippen molar-refractivity contribution in [3.63, 3.8) is 0 Å². The Morgan fingerprint density at radius 1 is 0.833 bits per heavy atom. The monoisotopic (exact) mass is 450 g/mol. The van der Waals surface area contributed by atoms with Gasteiger partial charge in [-0.1, -0.05) is 41.4 Å². The number of hydrogen-bond acceptors (Lipinski definition) is 2. The average Bonchev–Trinajstić information content (AvgIpc) is 2.72. The zero-order chi connectivity index (χ0) is 21.3. The van der Waals surface area contributed by atoms with Crippen molar-refractivity contribution in [1.29, 1.82) is 0 Å². The maximum atomic E-state index is 13.6. The fourth-order valence-corrected chi connectivity index (χ4v) is 4.37. The Bertz CT molecular complexity index is 1040. The van der Waals surface area contributed by atoms with E-state index < -0.39 is 11.6 Å². The summed E-state index contributed by atoms with van der Waals surface area (Å²) in [5, 5.41) is 1.10. The molecule has 1 aliphatic heterocycles. The molecule has 4 rings (SSSR count). The smallest absolute Gasteiger partial charge is 0.159 e. The molecule has 0 spiro atoms. The van der Waals surface area contributed by atoms with Gasteiger partial charge < -0.3 is 4.90 Å². The minimum atomic E-state index is -0.856. The molecule has 1 heterocycles. The molecule has 1 atom stereocenters. The standard InChI is InChI=1S/C23H19Cl2F3N2/c24-17-4-8-22(19(25)12-17)30-10-9-29(13-15-1-7-20(27)21(28)11-15)14-23(30)16-2-5-18(26)6-3-16/h1-8,11-12,23H,9-10,13-14H2. The molecular weight excluding hydrogens is 432 g/mol. The van der Waals surface area contributed by atoms with E-state index in [9.17, 15) is 13.2 Å². The maximum Gasteiger partial charge on any atom is 0.159 e. The Kier molecular flexibility index (Phi) is 6.23. The summed E-state index contributed by atoms with van der Waals surface area (Å²) in [7, 11) is 0. The van der Waals surface area contributed by atoms with Crippen molar-refractivity contribution in [1.82, 2.24) is 4.90 Å². The van der Waals surface area contributed by atoms with Crippen LogP contribution in [-0.4, -0.2) is 24.5 Å². The van der Waals surface area contributed by atoms with Crippen LogP contribution in [0, 0.1) is 17.5 Å². The van der Waals surface area contributed by atoms with E-state index in [0.717, 1.165) is 17.3 Å². The maximum absolute atomic E-state index is 13.6. The molecule has 3 aromatic rings. The molecule has 30 heavy (non-hydrogen) atoms. The van der Waals surface area contributed by atoms with Gasteiger partial charge in [-0.3, -0.25) is 4.90 Å². The summed E-state index contributed by atoms with van der Waals surface area (Å²) in [6.45, 7) is 2.46. The van der Waals surface area contributed by atoms with E-state index in [1.807, 2.05) is 6.07 Å². The first-order valence-electron chi connectivity index (χ1n) is 9.54. The van der Waals surface area contributed by atoms with Crippen LogP contribution in [0.1, 0.15) is 17.2 Å². The van der Waals surface area contributed by atoms with Gasteiger partial charge in [0, 0.05) is 31.2 Å². The molecule has 1 fully saturated rings. The number of halogens is 5. The lowest BCUT2D eigenvalue weighted by Gasteiger charge is -2.43. The number of benzene rings is 3. The Balaban J connectivity index is 1.62. The van der Waals surface area contributed by atoms with Gasteiger partial charge in [0.05, 0.1) is 16.8 Å². The largest absolute Gasteiger partial charge is 0.361 e. The van der Waals surface area contributed by atoms with Crippen LogP contribution in [0.3, 0.4) is 0 Å². The Morgan fingerprint density at radius 3 is 2.30 bits per heavy atom. The SMILES string of the molecule is Fc1ccc(C2CN(Cc3ccc(F)c(F)c3)CCN2c2ccc(Cl)cc2Cl)cc1. The van der Waals surface area contributed by atoms with Crippen molar-refractivity contribution >= 4 is 28.9 Å². The molecule has 1 saturated heterocycles. The van der Waals surface area contributed by atoms with Gasteiger partial charge in [0.1, 0.15) is 5.82 Å². The lowest BCUT2D eigenvalue weighted by atomic mass is 10.0. The minimum Gasteiger partial charge on any atom is -0.361 e. The van der Waals surface area contributed by atoms with Gasteiger partial charge >= 0.3 is 0 Å². The Morgan fingerprint density at radius 2 is 1.60 bits per heavy atom. The normalized spacial score (nSPS) is 17.4. The first-order valence-corrected chi connectivity index (χ1v) is 10.3. The van der Waals surface area contributed by atoms with Gasteiger partial charge in [-0.15, -0.1) is 0 Å². The van der Waals surface area contributed by atoms with Crippen LogP contribution in [-0.2, 0) is 6.54 Å². The molecule has 0 saturated carbocycles. The fraction of sp³-hybridized carbons (Fsp3) is 0.217. The van der Waals surface area contributed by atoms with Gasteiger partial charge in [0.2, 0.25) is 0 Å². The average molecular weight is 451 g/mol. The van der Waals surface area contributed by atoms with Crippen molar-refractivity contribution in [2.45, 2.75) is 12.6 Å². The van der Waals surface area contributed by atoms with E-state index in [-0.39, 0.29) is 11.9 Å². The fourth-order valence-electron chi connectivity index (χ4n) is 3.85. The number of piperazine rings is 1. The highest BCUT2D eigenvalue weighted by atomic mass is 35.5. The quantitative estimate of drug-likeness (QED) is 0.449. The molecule has 0 aliphatic carbocycles. The van der Waals surface area contributed by atoms with Crippen molar-refractivity contribution < 1.29 is 13.2 Å².